The van der Waals surface area contributed by atoms with Crippen LogP contribution in [0.5, 0.6) is 0 Å². The molecule has 1 aromatic heterocycles. The largest absolute Gasteiger partial charge is 0.392 e. The molecule has 0 amide bonds. The molecular weight excluding hydrogens is 578 g/mol. The van der Waals surface area contributed by atoms with Gasteiger partial charge in [0.2, 0.25) is 11.7 Å². The number of hydrogen-bond acceptors (Lipinski definition) is 7. The Labute approximate surface area is 240 Å². The number of rotatable bonds is 10. The number of Topliss-reactive ketones (excluding diaryl/α,β-unsaturated/α-hetero) is 1. The van der Waals surface area contributed by atoms with E-state index in [0.29, 0.717) is 45.1 Å². The first-order valence-electron chi connectivity index (χ1n) is 12.6. The van der Waals surface area contributed by atoms with E-state index in [0.717, 1.165) is 0 Å². The molecule has 40 heavy (non-hydrogen) atoms. The maximum Gasteiger partial charge on any atom is 0.237 e. The van der Waals surface area contributed by atoms with Crippen LogP contribution in [-0.4, -0.2) is 35.2 Å². The van der Waals surface area contributed by atoms with Crippen LogP contribution in [0.2, 0.25) is 10.0 Å². The van der Waals surface area contributed by atoms with Crippen LogP contribution in [0.4, 0.5) is 4.39 Å². The van der Waals surface area contributed by atoms with Gasteiger partial charge in [0.05, 0.1) is 28.2 Å². The van der Waals surface area contributed by atoms with Gasteiger partial charge in [0.25, 0.3) is 0 Å². The molecule has 0 radical (unpaired) electrons. The first-order chi connectivity index (χ1) is 19.1. The van der Waals surface area contributed by atoms with Crippen molar-refractivity contribution in [2.75, 3.05) is 5.75 Å². The first-order valence-corrected chi connectivity index (χ1v) is 15.0. The Balaban J connectivity index is 1.33. The van der Waals surface area contributed by atoms with Gasteiger partial charge in [-0.05, 0) is 65.9 Å². The van der Waals surface area contributed by atoms with E-state index in [2.05, 4.69) is 10.1 Å². The van der Waals surface area contributed by atoms with Crippen LogP contribution < -0.4 is 0 Å². The number of benzene rings is 3. The molecule has 1 aliphatic carbocycles. The molecule has 0 aliphatic heterocycles. The molecule has 0 saturated heterocycles. The summed E-state index contributed by atoms with van der Waals surface area (Å²) in [5, 5.41) is 13.9. The molecule has 0 atom stereocenters. The summed E-state index contributed by atoms with van der Waals surface area (Å²) >= 11 is 13.4. The van der Waals surface area contributed by atoms with Crippen molar-refractivity contribution in [3.8, 4) is 11.4 Å². The second-order valence-electron chi connectivity index (χ2n) is 9.85. The molecule has 1 saturated carbocycles. The van der Waals surface area contributed by atoms with E-state index < -0.39 is 21.1 Å². The predicted octanol–water partition coefficient (Wildman–Crippen LogP) is 5.90. The molecule has 1 heterocycles. The van der Waals surface area contributed by atoms with Crippen molar-refractivity contribution in [1.29, 1.82) is 0 Å². The van der Waals surface area contributed by atoms with Crippen molar-refractivity contribution in [2.24, 2.45) is 0 Å². The molecule has 5 rings (SSSR count). The van der Waals surface area contributed by atoms with Crippen LogP contribution in [0, 0.1) is 5.82 Å². The lowest BCUT2D eigenvalue weighted by atomic mass is 9.93. The van der Waals surface area contributed by atoms with Gasteiger partial charge in [-0.25, -0.2) is 12.8 Å². The fraction of sp³-hybridized carbons (Fsp3) is 0.276. The highest BCUT2D eigenvalue weighted by atomic mass is 35.5. The number of nitrogens with zero attached hydrogens (tertiary/aromatic N) is 2. The monoisotopic (exact) mass is 602 g/mol. The number of hydrogen-bond donors (Lipinski definition) is 1. The third kappa shape index (κ3) is 5.56. The molecule has 0 bridgehead atoms. The molecule has 0 unspecified atom stereocenters. The van der Waals surface area contributed by atoms with Crippen LogP contribution >= 0.6 is 23.2 Å². The van der Waals surface area contributed by atoms with E-state index in [4.69, 9.17) is 27.7 Å². The van der Waals surface area contributed by atoms with Gasteiger partial charge in [0.15, 0.2) is 9.84 Å². The van der Waals surface area contributed by atoms with Crippen LogP contribution in [0.3, 0.4) is 0 Å². The van der Waals surface area contributed by atoms with Crippen LogP contribution in [0.25, 0.3) is 11.4 Å². The van der Waals surface area contributed by atoms with Gasteiger partial charge < -0.3 is 9.63 Å². The van der Waals surface area contributed by atoms with Crippen molar-refractivity contribution in [3.05, 3.63) is 98.6 Å². The molecule has 1 fully saturated rings. The number of aliphatic hydroxyl groups is 1. The quantitative estimate of drug-likeness (QED) is 0.240. The summed E-state index contributed by atoms with van der Waals surface area (Å²) in [6.45, 7) is 1.30. The Bertz CT molecular complexity index is 1680. The van der Waals surface area contributed by atoms with Crippen molar-refractivity contribution in [3.63, 3.8) is 0 Å². The molecule has 7 nitrogen and oxygen atoms in total. The van der Waals surface area contributed by atoms with Gasteiger partial charge in [-0.2, -0.15) is 4.98 Å². The minimum atomic E-state index is -3.30. The lowest BCUT2D eigenvalue weighted by Crippen LogP contribution is -2.12. The maximum atomic E-state index is 14.5. The SMILES string of the molecule is CCS(=O)(=O)c1ccc(CC(=O)Cc2cc(Cl)c(C3(c4nc(-c5ccc(CO)cc5F)no4)CC3)c(Cl)c2)cc1. The lowest BCUT2D eigenvalue weighted by Gasteiger charge is -2.16. The summed E-state index contributed by atoms with van der Waals surface area (Å²) in [6, 6.07) is 14.0. The molecule has 0 spiro atoms. The Morgan fingerprint density at radius 3 is 2.20 bits per heavy atom. The van der Waals surface area contributed by atoms with E-state index >= 15 is 0 Å². The van der Waals surface area contributed by atoms with Crippen LogP contribution in [-0.2, 0) is 39.5 Å². The van der Waals surface area contributed by atoms with Crippen molar-refractivity contribution >= 4 is 38.8 Å². The second kappa shape index (κ2) is 11.0. The van der Waals surface area contributed by atoms with Crippen molar-refractivity contribution in [2.45, 2.75) is 49.5 Å². The summed E-state index contributed by atoms with van der Waals surface area (Å²) in [7, 11) is -3.30. The van der Waals surface area contributed by atoms with E-state index in [1.807, 2.05) is 0 Å². The molecule has 3 aromatic carbocycles. The van der Waals surface area contributed by atoms with Gasteiger partial charge in [-0.15, -0.1) is 0 Å². The van der Waals surface area contributed by atoms with E-state index in [-0.39, 0.29) is 53.2 Å². The molecule has 11 heteroatoms. The Morgan fingerprint density at radius 1 is 1.00 bits per heavy atom. The van der Waals surface area contributed by atoms with Crippen LogP contribution in [0.1, 0.15) is 47.9 Å². The Kier molecular flexibility index (Phi) is 7.85. The average molecular weight is 603 g/mol. The van der Waals surface area contributed by atoms with Gasteiger partial charge in [0, 0.05) is 28.5 Å². The fourth-order valence-electron chi connectivity index (χ4n) is 4.75. The molecule has 4 aromatic rings. The summed E-state index contributed by atoms with van der Waals surface area (Å²) < 4.78 is 44.1. The minimum Gasteiger partial charge on any atom is -0.392 e. The van der Waals surface area contributed by atoms with E-state index in [1.165, 1.54) is 24.3 Å². The number of halogens is 3. The minimum absolute atomic E-state index is 0.00942. The van der Waals surface area contributed by atoms with Crippen molar-refractivity contribution < 1.29 is 27.2 Å². The van der Waals surface area contributed by atoms with Crippen LogP contribution in [0.15, 0.2) is 64.0 Å². The topological polar surface area (TPSA) is 110 Å². The number of aromatic nitrogens is 2. The summed E-state index contributed by atoms with van der Waals surface area (Å²) in [6.07, 6.45) is 1.54. The molecule has 208 valence electrons. The highest BCUT2D eigenvalue weighted by molar-refractivity contribution is 7.91. The summed E-state index contributed by atoms with van der Waals surface area (Å²) in [5.41, 5.74) is 1.84. The van der Waals surface area contributed by atoms with Gasteiger partial charge in [-0.3, -0.25) is 4.79 Å². The highest BCUT2D eigenvalue weighted by Crippen LogP contribution is 2.57. The summed E-state index contributed by atoms with van der Waals surface area (Å²) in [5.74, 6) is -0.291. The molecule has 1 N–H and O–H groups in total. The average Bonchev–Trinajstić information content (AvgIpc) is 3.55. The van der Waals surface area contributed by atoms with Gasteiger partial charge >= 0.3 is 0 Å². The number of carbonyl (C=O) groups is 1. The zero-order valence-corrected chi connectivity index (χ0v) is 23.8. The lowest BCUT2D eigenvalue weighted by molar-refractivity contribution is -0.117. The first kappa shape index (κ1) is 28.4. The van der Waals surface area contributed by atoms with Crippen molar-refractivity contribution in [1.82, 2.24) is 10.1 Å². The number of aliphatic hydroxyl groups excluding tert-OH is 1. The standard InChI is InChI=1S/C29H25Cl2FN2O5S/c1-2-40(37,38)21-6-3-17(4-7-21)11-20(36)12-19-13-23(30)26(24(31)14-19)29(9-10-29)28-33-27(34-39-28)22-8-5-18(16-35)15-25(22)32/h3-8,13-15,35H,2,9-12,16H2,1H3. The smallest absolute Gasteiger partial charge is 0.237 e. The molecular formula is C29H25Cl2FN2O5S. The number of sulfone groups is 1. The zero-order valence-electron chi connectivity index (χ0n) is 21.5. The highest BCUT2D eigenvalue weighted by Gasteiger charge is 2.53. The van der Waals surface area contributed by atoms with Gasteiger partial charge in [-0.1, -0.05) is 53.5 Å². The second-order valence-corrected chi connectivity index (χ2v) is 12.9. The Morgan fingerprint density at radius 2 is 1.62 bits per heavy atom. The maximum absolute atomic E-state index is 14.5. The third-order valence-electron chi connectivity index (χ3n) is 7.09. The fourth-order valence-corrected chi connectivity index (χ4v) is 6.52. The van der Waals surface area contributed by atoms with E-state index in [9.17, 15) is 22.7 Å². The third-order valence-corrected chi connectivity index (χ3v) is 9.43. The Hall–Kier alpha value is -3.11. The predicted molar refractivity (Wildman–Crippen MR) is 149 cm³/mol. The summed E-state index contributed by atoms with van der Waals surface area (Å²) in [4.78, 5) is 17.5. The number of carbonyl (C=O) groups excluding carboxylic acids is 1. The zero-order chi connectivity index (χ0) is 28.7. The normalized spacial score (nSPS) is 14.3. The molecule has 1 aliphatic rings. The number of ketones is 1. The van der Waals surface area contributed by atoms with Gasteiger partial charge in [0.1, 0.15) is 11.6 Å². The van der Waals surface area contributed by atoms with E-state index in [1.54, 1.807) is 37.3 Å².